The van der Waals surface area contributed by atoms with Crippen LogP contribution >= 0.6 is 0 Å². The van der Waals surface area contributed by atoms with Gasteiger partial charge in [-0.2, -0.15) is 0 Å². The second kappa shape index (κ2) is 9.16. The van der Waals surface area contributed by atoms with Crippen LogP contribution in [0.15, 0.2) is 23.8 Å². The summed E-state index contributed by atoms with van der Waals surface area (Å²) in [6.45, 7) is 6.50. The molecular weight excluding hydrogens is 316 g/mol. The second-order valence-corrected chi connectivity index (χ2v) is 7.10. The first kappa shape index (κ1) is 19.7. The van der Waals surface area contributed by atoms with Gasteiger partial charge in [0.1, 0.15) is 11.9 Å². The van der Waals surface area contributed by atoms with Crippen LogP contribution in [0.2, 0.25) is 0 Å². The van der Waals surface area contributed by atoms with Gasteiger partial charge in [-0.15, -0.1) is 0 Å². The number of fused-ring (bicyclic) bond motifs is 1. The Hall–Kier alpha value is -1.65. The molecule has 25 heavy (non-hydrogen) atoms. The first-order valence-electron chi connectivity index (χ1n) is 9.23. The van der Waals surface area contributed by atoms with Crippen molar-refractivity contribution in [3.8, 4) is 5.75 Å². The van der Waals surface area contributed by atoms with Crippen molar-refractivity contribution >= 4 is 5.78 Å². The highest BCUT2D eigenvalue weighted by Gasteiger charge is 2.31. The van der Waals surface area contributed by atoms with E-state index in [4.69, 9.17) is 4.74 Å². The van der Waals surface area contributed by atoms with E-state index in [0.29, 0.717) is 13.0 Å². The third-order valence-electron chi connectivity index (χ3n) is 4.74. The Morgan fingerprint density at radius 1 is 1.36 bits per heavy atom. The van der Waals surface area contributed by atoms with Crippen molar-refractivity contribution in [1.29, 1.82) is 0 Å². The zero-order valence-electron chi connectivity index (χ0n) is 15.5. The molecule has 0 spiro atoms. The molecule has 0 saturated carbocycles. The Morgan fingerprint density at radius 3 is 2.80 bits per heavy atom. The van der Waals surface area contributed by atoms with Gasteiger partial charge in [-0.25, -0.2) is 0 Å². The van der Waals surface area contributed by atoms with Crippen LogP contribution in [0.3, 0.4) is 0 Å². The topological polar surface area (TPSA) is 66.8 Å². The quantitative estimate of drug-likeness (QED) is 0.514. The molecule has 0 fully saturated rings. The summed E-state index contributed by atoms with van der Waals surface area (Å²) in [5, 5.41) is 20.2. The molecule has 0 unspecified atom stereocenters. The van der Waals surface area contributed by atoms with Crippen LogP contribution in [0.5, 0.6) is 5.75 Å². The summed E-state index contributed by atoms with van der Waals surface area (Å²) >= 11 is 0. The zero-order valence-corrected chi connectivity index (χ0v) is 15.5. The van der Waals surface area contributed by atoms with Gasteiger partial charge >= 0.3 is 0 Å². The van der Waals surface area contributed by atoms with Gasteiger partial charge in [0.15, 0.2) is 5.78 Å². The fourth-order valence-electron chi connectivity index (χ4n) is 3.24. The molecule has 0 aromatic heterocycles. The molecule has 1 heterocycles. The Bertz CT molecular complexity index is 629. The zero-order chi connectivity index (χ0) is 18.4. The predicted molar refractivity (Wildman–Crippen MR) is 98.5 cm³/mol. The average molecular weight is 346 g/mol. The standard InChI is InChI=1S/C21H30O4/c1-4-5-6-7-18(23)19(24)12-20-21-15(9-8-14(2)3)10-11-17(22)16(21)13-25-20/h8,10-11,18,20,22-23H,4-7,9,12-13H2,1-3H3/t18-,20+/m0/s1. The predicted octanol–water partition coefficient (Wildman–Crippen LogP) is 4.37. The maximum Gasteiger partial charge on any atom is 0.164 e. The maximum atomic E-state index is 12.4. The van der Waals surface area contributed by atoms with Gasteiger partial charge in [0.2, 0.25) is 0 Å². The minimum atomic E-state index is -0.919. The number of phenols is 1. The van der Waals surface area contributed by atoms with E-state index >= 15 is 0 Å². The van der Waals surface area contributed by atoms with E-state index in [1.165, 1.54) is 5.57 Å². The first-order valence-corrected chi connectivity index (χ1v) is 9.23. The summed E-state index contributed by atoms with van der Waals surface area (Å²) < 4.78 is 5.79. The van der Waals surface area contributed by atoms with Crippen LogP contribution in [-0.2, 0) is 22.6 Å². The number of carbonyl (C=O) groups is 1. The number of hydrogen-bond acceptors (Lipinski definition) is 4. The minimum absolute atomic E-state index is 0.158. The molecule has 1 aliphatic heterocycles. The molecule has 1 aromatic carbocycles. The van der Waals surface area contributed by atoms with Crippen LogP contribution in [0.4, 0.5) is 0 Å². The summed E-state index contributed by atoms with van der Waals surface area (Å²) in [6.07, 6.45) is 5.19. The van der Waals surface area contributed by atoms with E-state index < -0.39 is 6.10 Å². The van der Waals surface area contributed by atoms with Gasteiger partial charge < -0.3 is 14.9 Å². The lowest BCUT2D eigenvalue weighted by Crippen LogP contribution is -2.22. The van der Waals surface area contributed by atoms with E-state index in [1.54, 1.807) is 6.07 Å². The number of Topliss-reactive ketones (excluding diaryl/α,β-unsaturated/α-hetero) is 1. The van der Waals surface area contributed by atoms with Gasteiger partial charge in [-0.1, -0.05) is 43.9 Å². The number of aliphatic hydroxyl groups excluding tert-OH is 1. The van der Waals surface area contributed by atoms with Gasteiger partial charge in [-0.3, -0.25) is 4.79 Å². The number of benzene rings is 1. The molecule has 2 atom stereocenters. The van der Waals surface area contributed by atoms with Crippen LogP contribution in [0, 0.1) is 0 Å². The van der Waals surface area contributed by atoms with Crippen molar-refractivity contribution in [2.45, 2.75) is 78.1 Å². The van der Waals surface area contributed by atoms with Crippen molar-refractivity contribution < 1.29 is 19.7 Å². The van der Waals surface area contributed by atoms with Crippen LogP contribution in [-0.4, -0.2) is 22.1 Å². The van der Waals surface area contributed by atoms with Gasteiger partial charge in [0, 0.05) is 12.0 Å². The summed E-state index contributed by atoms with van der Waals surface area (Å²) in [4.78, 5) is 12.4. The number of ether oxygens (including phenoxy) is 1. The van der Waals surface area contributed by atoms with Crippen LogP contribution in [0.1, 0.15) is 75.7 Å². The highest BCUT2D eigenvalue weighted by Crippen LogP contribution is 2.40. The molecule has 2 rings (SSSR count). The third-order valence-corrected chi connectivity index (χ3v) is 4.74. The molecule has 1 aliphatic rings. The highest BCUT2D eigenvalue weighted by atomic mass is 16.5. The number of aliphatic hydroxyl groups is 1. The number of hydrogen-bond donors (Lipinski definition) is 2. The molecule has 0 bridgehead atoms. The number of carbonyl (C=O) groups excluding carboxylic acids is 1. The van der Waals surface area contributed by atoms with Gasteiger partial charge in [0.05, 0.1) is 12.7 Å². The van der Waals surface area contributed by atoms with E-state index in [0.717, 1.165) is 42.4 Å². The normalized spacial score (nSPS) is 17.2. The molecule has 0 saturated heterocycles. The van der Waals surface area contributed by atoms with Crippen molar-refractivity contribution in [2.75, 3.05) is 0 Å². The fourth-order valence-corrected chi connectivity index (χ4v) is 3.24. The highest BCUT2D eigenvalue weighted by molar-refractivity contribution is 5.83. The molecule has 4 heteroatoms. The number of phenolic OH excluding ortho intramolecular Hbond substituents is 1. The summed E-state index contributed by atoms with van der Waals surface area (Å²) in [5.74, 6) is 0.0415. The number of allylic oxidation sites excluding steroid dienone is 2. The van der Waals surface area contributed by atoms with Crippen molar-refractivity contribution in [2.24, 2.45) is 0 Å². The molecular formula is C21H30O4. The summed E-state index contributed by atoms with van der Waals surface area (Å²) in [5.41, 5.74) is 3.99. The molecule has 1 aromatic rings. The van der Waals surface area contributed by atoms with E-state index in [9.17, 15) is 15.0 Å². The Morgan fingerprint density at radius 2 is 2.12 bits per heavy atom. The molecule has 4 nitrogen and oxygen atoms in total. The van der Waals surface area contributed by atoms with E-state index in [1.807, 2.05) is 19.9 Å². The molecule has 0 aliphatic carbocycles. The Labute approximate surface area is 150 Å². The maximum absolute atomic E-state index is 12.4. The van der Waals surface area contributed by atoms with Gasteiger partial charge in [0.25, 0.3) is 0 Å². The number of unbranched alkanes of at least 4 members (excludes halogenated alkanes) is 2. The summed E-state index contributed by atoms with van der Waals surface area (Å²) in [6, 6.07) is 3.59. The molecule has 0 amide bonds. The van der Waals surface area contributed by atoms with Crippen molar-refractivity contribution in [1.82, 2.24) is 0 Å². The van der Waals surface area contributed by atoms with Gasteiger partial charge in [-0.05, 0) is 43.9 Å². The van der Waals surface area contributed by atoms with Crippen molar-refractivity contribution in [3.63, 3.8) is 0 Å². The van der Waals surface area contributed by atoms with E-state index in [2.05, 4.69) is 13.0 Å². The third kappa shape index (κ3) is 5.16. The average Bonchev–Trinajstić information content (AvgIpc) is 2.99. The monoisotopic (exact) mass is 346 g/mol. The number of aromatic hydroxyl groups is 1. The number of rotatable bonds is 9. The smallest absolute Gasteiger partial charge is 0.164 e. The Kier molecular flexibility index (Phi) is 7.21. The largest absolute Gasteiger partial charge is 0.508 e. The minimum Gasteiger partial charge on any atom is -0.508 e. The number of ketones is 1. The lowest BCUT2D eigenvalue weighted by atomic mass is 9.92. The van der Waals surface area contributed by atoms with Crippen LogP contribution < -0.4 is 0 Å². The molecule has 138 valence electrons. The lowest BCUT2D eigenvalue weighted by molar-refractivity contribution is -0.130. The second-order valence-electron chi connectivity index (χ2n) is 7.10. The SMILES string of the molecule is CCCCC[C@H](O)C(=O)C[C@H]1OCc2c(O)ccc(CC=C(C)C)c21. The van der Waals surface area contributed by atoms with Crippen molar-refractivity contribution in [3.05, 3.63) is 40.5 Å². The Balaban J connectivity index is 2.12. The molecule has 2 N–H and O–H groups in total. The first-order chi connectivity index (χ1) is 11.9. The fraction of sp³-hybridized carbons (Fsp3) is 0.571. The van der Waals surface area contributed by atoms with E-state index in [-0.39, 0.29) is 24.1 Å². The summed E-state index contributed by atoms with van der Waals surface area (Å²) in [7, 11) is 0. The molecule has 0 radical (unpaired) electrons. The lowest BCUT2D eigenvalue weighted by Gasteiger charge is -2.16. The van der Waals surface area contributed by atoms with Crippen LogP contribution in [0.25, 0.3) is 0 Å².